The Morgan fingerprint density at radius 2 is 1.97 bits per heavy atom. The first-order valence-corrected chi connectivity index (χ1v) is 10.2. The molecule has 0 atom stereocenters. The maximum absolute atomic E-state index is 12.3. The molecule has 1 aliphatic heterocycles. The van der Waals surface area contributed by atoms with Crippen LogP contribution >= 0.6 is 0 Å². The van der Waals surface area contributed by atoms with Crippen LogP contribution in [-0.2, 0) is 4.74 Å². The fraction of sp³-hybridized carbons (Fsp3) is 0.571. The Labute approximate surface area is 171 Å². The SMILES string of the molecule is CC(C)(C)OC(=O)N1CCN(CCCCNC(=O)c2cc3cnccc3[nH]2)CC1. The molecule has 2 aromatic heterocycles. The van der Waals surface area contributed by atoms with Crippen LogP contribution in [0.3, 0.4) is 0 Å². The van der Waals surface area contributed by atoms with Gasteiger partial charge in [-0.15, -0.1) is 0 Å². The molecule has 8 heteroatoms. The highest BCUT2D eigenvalue weighted by Crippen LogP contribution is 2.14. The number of piperazine rings is 1. The van der Waals surface area contributed by atoms with Crippen molar-refractivity contribution in [2.24, 2.45) is 0 Å². The summed E-state index contributed by atoms with van der Waals surface area (Å²) in [6.07, 6.45) is 5.13. The fourth-order valence-corrected chi connectivity index (χ4v) is 3.33. The fourth-order valence-electron chi connectivity index (χ4n) is 3.33. The number of hydrogen-bond donors (Lipinski definition) is 2. The summed E-state index contributed by atoms with van der Waals surface area (Å²) in [5.74, 6) is -0.0906. The van der Waals surface area contributed by atoms with Gasteiger partial charge in [-0.05, 0) is 52.3 Å². The van der Waals surface area contributed by atoms with E-state index >= 15 is 0 Å². The summed E-state index contributed by atoms with van der Waals surface area (Å²) in [7, 11) is 0. The van der Waals surface area contributed by atoms with E-state index in [-0.39, 0.29) is 12.0 Å². The zero-order chi connectivity index (χ0) is 20.9. The number of aromatic amines is 1. The Morgan fingerprint density at radius 3 is 2.66 bits per heavy atom. The Balaban J connectivity index is 1.30. The van der Waals surface area contributed by atoms with Gasteiger partial charge < -0.3 is 19.9 Å². The van der Waals surface area contributed by atoms with Gasteiger partial charge in [0.05, 0.1) is 0 Å². The lowest BCUT2D eigenvalue weighted by Gasteiger charge is -2.35. The van der Waals surface area contributed by atoms with Crippen molar-refractivity contribution >= 4 is 22.9 Å². The lowest BCUT2D eigenvalue weighted by Crippen LogP contribution is -2.50. The highest BCUT2D eigenvalue weighted by molar-refractivity contribution is 5.97. The van der Waals surface area contributed by atoms with E-state index < -0.39 is 5.60 Å². The largest absolute Gasteiger partial charge is 0.444 e. The Bertz CT molecular complexity index is 801. The standard InChI is InChI=1S/C21H31N5O3/c1-21(2,3)29-20(28)26-12-10-25(11-13-26)9-5-4-7-23-19(27)18-14-16-15-22-8-6-17(16)24-18/h6,8,14-15,24H,4-5,7,9-13H2,1-3H3,(H,23,27). The van der Waals surface area contributed by atoms with E-state index in [0.29, 0.717) is 25.3 Å². The van der Waals surface area contributed by atoms with Crippen molar-refractivity contribution in [1.29, 1.82) is 0 Å². The van der Waals surface area contributed by atoms with Gasteiger partial charge in [0.15, 0.2) is 0 Å². The van der Waals surface area contributed by atoms with Crippen LogP contribution in [0.15, 0.2) is 24.5 Å². The molecule has 8 nitrogen and oxygen atoms in total. The molecule has 2 amide bonds. The number of ether oxygens (including phenoxy) is 1. The molecule has 1 aliphatic rings. The maximum atomic E-state index is 12.3. The molecule has 1 fully saturated rings. The van der Waals surface area contributed by atoms with Crippen molar-refractivity contribution < 1.29 is 14.3 Å². The van der Waals surface area contributed by atoms with Crippen LogP contribution in [-0.4, -0.2) is 76.6 Å². The number of carbonyl (C=O) groups is 2. The maximum Gasteiger partial charge on any atom is 0.410 e. The summed E-state index contributed by atoms with van der Waals surface area (Å²) in [4.78, 5) is 35.7. The smallest absolute Gasteiger partial charge is 0.410 e. The van der Waals surface area contributed by atoms with Crippen molar-refractivity contribution in [3.05, 3.63) is 30.2 Å². The molecule has 0 bridgehead atoms. The van der Waals surface area contributed by atoms with E-state index in [4.69, 9.17) is 4.74 Å². The molecule has 158 valence electrons. The third-order valence-corrected chi connectivity index (χ3v) is 4.88. The highest BCUT2D eigenvalue weighted by atomic mass is 16.6. The third-order valence-electron chi connectivity index (χ3n) is 4.88. The average molecular weight is 402 g/mol. The van der Waals surface area contributed by atoms with Crippen molar-refractivity contribution in [3.63, 3.8) is 0 Å². The molecule has 2 aromatic rings. The van der Waals surface area contributed by atoms with E-state index in [2.05, 4.69) is 20.2 Å². The van der Waals surface area contributed by atoms with E-state index in [1.54, 1.807) is 17.3 Å². The Hall–Kier alpha value is -2.61. The summed E-state index contributed by atoms with van der Waals surface area (Å²) in [5.41, 5.74) is 1.02. The normalized spacial score (nSPS) is 15.5. The van der Waals surface area contributed by atoms with Gasteiger partial charge in [-0.25, -0.2) is 4.79 Å². The lowest BCUT2D eigenvalue weighted by atomic mass is 10.2. The number of pyridine rings is 1. The second-order valence-electron chi connectivity index (χ2n) is 8.42. The molecule has 0 aromatic carbocycles. The Morgan fingerprint density at radius 1 is 1.21 bits per heavy atom. The number of H-pyrrole nitrogens is 1. The average Bonchev–Trinajstić information content (AvgIpc) is 3.11. The zero-order valence-electron chi connectivity index (χ0n) is 17.5. The van der Waals surface area contributed by atoms with Gasteiger partial charge in [0.1, 0.15) is 11.3 Å². The van der Waals surface area contributed by atoms with Gasteiger partial charge in [0.2, 0.25) is 0 Å². The number of nitrogens with one attached hydrogen (secondary N) is 2. The summed E-state index contributed by atoms with van der Waals surface area (Å²) >= 11 is 0. The first-order valence-electron chi connectivity index (χ1n) is 10.2. The van der Waals surface area contributed by atoms with Crippen LogP contribution in [0.4, 0.5) is 4.79 Å². The van der Waals surface area contributed by atoms with Gasteiger partial charge in [-0.1, -0.05) is 0 Å². The van der Waals surface area contributed by atoms with Gasteiger partial charge in [-0.2, -0.15) is 0 Å². The summed E-state index contributed by atoms with van der Waals surface area (Å²) in [5, 5.41) is 3.90. The number of aromatic nitrogens is 2. The molecule has 2 N–H and O–H groups in total. The molecule has 3 heterocycles. The third kappa shape index (κ3) is 6.19. The summed E-state index contributed by atoms with van der Waals surface area (Å²) < 4.78 is 5.43. The second-order valence-corrected chi connectivity index (χ2v) is 8.42. The van der Waals surface area contributed by atoms with Gasteiger partial charge >= 0.3 is 6.09 Å². The number of fused-ring (bicyclic) bond motifs is 1. The number of unbranched alkanes of at least 4 members (excludes halogenated alkanes) is 1. The molecule has 29 heavy (non-hydrogen) atoms. The van der Waals surface area contributed by atoms with Crippen molar-refractivity contribution in [2.45, 2.75) is 39.2 Å². The van der Waals surface area contributed by atoms with E-state index in [0.717, 1.165) is 43.4 Å². The zero-order valence-corrected chi connectivity index (χ0v) is 17.5. The topological polar surface area (TPSA) is 90.6 Å². The highest BCUT2D eigenvalue weighted by Gasteiger charge is 2.25. The molecule has 0 unspecified atom stereocenters. The minimum Gasteiger partial charge on any atom is -0.444 e. The van der Waals surface area contributed by atoms with Crippen LogP contribution in [0.25, 0.3) is 10.9 Å². The summed E-state index contributed by atoms with van der Waals surface area (Å²) in [6, 6.07) is 3.68. The first-order chi connectivity index (χ1) is 13.8. The van der Waals surface area contributed by atoms with Gasteiger partial charge in [-0.3, -0.25) is 14.7 Å². The quantitative estimate of drug-likeness (QED) is 0.726. The number of hydrogen-bond acceptors (Lipinski definition) is 5. The van der Waals surface area contributed by atoms with E-state index in [1.807, 2.05) is 32.9 Å². The number of rotatable bonds is 6. The summed E-state index contributed by atoms with van der Waals surface area (Å²) in [6.45, 7) is 10.4. The molecule has 1 saturated heterocycles. The minimum atomic E-state index is -0.456. The predicted octanol–water partition coefficient (Wildman–Crippen LogP) is 2.63. The predicted molar refractivity (Wildman–Crippen MR) is 112 cm³/mol. The first kappa shape index (κ1) is 21.1. The van der Waals surface area contributed by atoms with Crippen LogP contribution < -0.4 is 5.32 Å². The molecule has 3 rings (SSSR count). The van der Waals surface area contributed by atoms with Gasteiger partial charge in [0, 0.05) is 56.0 Å². The second kappa shape index (κ2) is 9.26. The van der Waals surface area contributed by atoms with Crippen LogP contribution in [0.2, 0.25) is 0 Å². The van der Waals surface area contributed by atoms with E-state index in [9.17, 15) is 9.59 Å². The van der Waals surface area contributed by atoms with Crippen LogP contribution in [0.1, 0.15) is 44.1 Å². The van der Waals surface area contributed by atoms with E-state index in [1.165, 1.54) is 0 Å². The molecular weight excluding hydrogens is 370 g/mol. The molecule has 0 radical (unpaired) electrons. The number of nitrogens with zero attached hydrogens (tertiary/aromatic N) is 3. The molecule has 0 spiro atoms. The number of amides is 2. The number of carbonyl (C=O) groups excluding carboxylic acids is 2. The van der Waals surface area contributed by atoms with Crippen molar-refractivity contribution in [3.8, 4) is 0 Å². The van der Waals surface area contributed by atoms with Crippen molar-refractivity contribution in [2.75, 3.05) is 39.3 Å². The molecular formula is C21H31N5O3. The lowest BCUT2D eigenvalue weighted by molar-refractivity contribution is 0.0144. The van der Waals surface area contributed by atoms with Crippen LogP contribution in [0, 0.1) is 0 Å². The Kier molecular flexibility index (Phi) is 6.74. The van der Waals surface area contributed by atoms with Gasteiger partial charge in [0.25, 0.3) is 5.91 Å². The monoisotopic (exact) mass is 401 g/mol. The minimum absolute atomic E-state index is 0.0906. The van der Waals surface area contributed by atoms with Crippen molar-refractivity contribution in [1.82, 2.24) is 25.1 Å². The van der Waals surface area contributed by atoms with Crippen LogP contribution in [0.5, 0.6) is 0 Å². The molecule has 0 saturated carbocycles. The molecule has 0 aliphatic carbocycles.